The molecule has 11 rings (SSSR count). The lowest BCUT2D eigenvalue weighted by Crippen LogP contribution is -2.01. The Morgan fingerprint density at radius 2 is 0.882 bits per heavy atom. The summed E-state index contributed by atoms with van der Waals surface area (Å²) in [7, 11) is 0. The topological polar surface area (TPSA) is 77.8 Å². The first-order chi connectivity index (χ1) is 25.3. The van der Waals surface area contributed by atoms with Gasteiger partial charge in [-0.2, -0.15) is 0 Å². The van der Waals surface area contributed by atoms with Gasteiger partial charge in [0.15, 0.2) is 17.5 Å². The van der Waals surface area contributed by atoms with Gasteiger partial charge >= 0.3 is 0 Å². The van der Waals surface area contributed by atoms with E-state index in [4.69, 9.17) is 28.8 Å². The zero-order valence-corrected chi connectivity index (χ0v) is 27.7. The van der Waals surface area contributed by atoms with Crippen LogP contribution in [0.15, 0.2) is 154 Å². The van der Waals surface area contributed by atoms with Gasteiger partial charge in [-0.1, -0.05) is 115 Å². The summed E-state index contributed by atoms with van der Waals surface area (Å²) in [4.78, 5) is 20.9. The quantitative estimate of drug-likeness (QED) is 0.185. The molecule has 7 heteroatoms. The Bertz CT molecular complexity index is 3030. The normalized spacial score (nSPS) is 11.9. The smallest absolute Gasteiger partial charge is 0.164 e. The van der Waals surface area contributed by atoms with Crippen molar-refractivity contribution in [3.63, 3.8) is 0 Å². The third-order valence-corrected chi connectivity index (χ3v) is 10.7. The number of furan rings is 2. The van der Waals surface area contributed by atoms with E-state index >= 15 is 0 Å². The summed E-state index contributed by atoms with van der Waals surface area (Å²) in [6.07, 6.45) is 0. The molecule has 6 nitrogen and oxygen atoms in total. The van der Waals surface area contributed by atoms with Crippen molar-refractivity contribution in [1.29, 1.82) is 0 Å². The maximum absolute atomic E-state index is 6.29. The highest BCUT2D eigenvalue weighted by molar-refractivity contribution is 7.22. The molecule has 0 saturated heterocycles. The van der Waals surface area contributed by atoms with Crippen molar-refractivity contribution in [1.82, 2.24) is 19.9 Å². The molecule has 51 heavy (non-hydrogen) atoms. The van der Waals surface area contributed by atoms with E-state index in [9.17, 15) is 0 Å². The molecule has 0 aliphatic carbocycles. The van der Waals surface area contributed by atoms with Gasteiger partial charge in [-0.3, -0.25) is 0 Å². The predicted molar refractivity (Wildman–Crippen MR) is 207 cm³/mol. The molecule has 7 aromatic carbocycles. The number of para-hydroxylation sites is 2. The van der Waals surface area contributed by atoms with E-state index in [-0.39, 0.29) is 0 Å². The van der Waals surface area contributed by atoms with Gasteiger partial charge in [-0.25, -0.2) is 19.9 Å². The van der Waals surface area contributed by atoms with Crippen LogP contribution in [0, 0.1) is 0 Å². The summed E-state index contributed by atoms with van der Waals surface area (Å²) in [5.74, 6) is 1.69. The molecule has 0 bridgehead atoms. The number of rotatable bonds is 4. The Labute approximate surface area is 294 Å². The average Bonchev–Trinajstić information content (AvgIpc) is 3.91. The van der Waals surface area contributed by atoms with Crippen LogP contribution in [-0.2, 0) is 0 Å². The van der Waals surface area contributed by atoms with Crippen molar-refractivity contribution in [3.8, 4) is 44.7 Å². The number of hydrogen-bond donors (Lipinski definition) is 0. The van der Waals surface area contributed by atoms with Crippen molar-refractivity contribution >= 4 is 76.2 Å². The molecule has 4 heterocycles. The second-order valence-electron chi connectivity index (χ2n) is 12.6. The lowest BCUT2D eigenvalue weighted by molar-refractivity contribution is 0.668. The Balaban J connectivity index is 1.23. The lowest BCUT2D eigenvalue weighted by Gasteiger charge is -2.12. The van der Waals surface area contributed by atoms with Crippen LogP contribution >= 0.6 is 11.3 Å². The van der Waals surface area contributed by atoms with E-state index in [1.807, 2.05) is 78.9 Å². The minimum atomic E-state index is 0.560. The summed E-state index contributed by atoms with van der Waals surface area (Å²) in [6, 6.07) is 49.2. The van der Waals surface area contributed by atoms with Gasteiger partial charge in [0, 0.05) is 49.2 Å². The Kier molecular flexibility index (Phi) is 6.02. The molecule has 0 amide bonds. The fraction of sp³-hybridized carbons (Fsp3) is 0. The Morgan fingerprint density at radius 1 is 0.392 bits per heavy atom. The van der Waals surface area contributed by atoms with Crippen LogP contribution in [0.2, 0.25) is 0 Å². The molecule has 0 unspecified atom stereocenters. The standard InChI is InChI=1S/C44H24N4O2S/c1-2-12-25(13-3-1)44-45-33-24-32(26-14-4-5-15-27(26)40(33)51-44)43-47-41(30-18-10-22-36-38(30)28-16-6-8-20-34(28)49-36)46-42(48-43)31-19-11-23-37-39(31)29-17-7-9-21-35(29)50-37/h1-24H. The largest absolute Gasteiger partial charge is 0.456 e. The fourth-order valence-electron chi connectivity index (χ4n) is 7.30. The molecular formula is C44H24N4O2S. The maximum Gasteiger partial charge on any atom is 0.164 e. The van der Waals surface area contributed by atoms with E-state index in [1.54, 1.807) is 11.3 Å². The van der Waals surface area contributed by atoms with Gasteiger partial charge in [-0.05, 0) is 35.7 Å². The molecule has 0 aliphatic rings. The van der Waals surface area contributed by atoms with Crippen LogP contribution in [0.4, 0.5) is 0 Å². The first-order valence-corrected chi connectivity index (χ1v) is 17.5. The fourth-order valence-corrected chi connectivity index (χ4v) is 8.39. The predicted octanol–water partition coefficient (Wildman–Crippen LogP) is 12.1. The average molecular weight is 673 g/mol. The first-order valence-electron chi connectivity index (χ1n) is 16.7. The zero-order valence-electron chi connectivity index (χ0n) is 26.9. The molecule has 0 aliphatic heterocycles. The van der Waals surface area contributed by atoms with Crippen LogP contribution in [-0.4, -0.2) is 19.9 Å². The first kappa shape index (κ1) is 28.2. The van der Waals surface area contributed by atoms with Crippen LogP contribution in [0.25, 0.3) is 110 Å². The maximum atomic E-state index is 6.29. The molecule has 0 atom stereocenters. The second-order valence-corrected chi connectivity index (χ2v) is 13.6. The highest BCUT2D eigenvalue weighted by atomic mass is 32.1. The minimum Gasteiger partial charge on any atom is -0.456 e. The molecular weight excluding hydrogens is 649 g/mol. The van der Waals surface area contributed by atoms with Gasteiger partial charge in [0.25, 0.3) is 0 Å². The zero-order chi connectivity index (χ0) is 33.5. The van der Waals surface area contributed by atoms with Crippen LogP contribution in [0.1, 0.15) is 0 Å². The van der Waals surface area contributed by atoms with E-state index in [0.717, 1.165) is 92.1 Å². The van der Waals surface area contributed by atoms with E-state index < -0.39 is 0 Å². The summed E-state index contributed by atoms with van der Waals surface area (Å²) >= 11 is 1.71. The minimum absolute atomic E-state index is 0.560. The lowest BCUT2D eigenvalue weighted by atomic mass is 10.0. The van der Waals surface area contributed by atoms with Crippen molar-refractivity contribution in [2.45, 2.75) is 0 Å². The number of aromatic nitrogens is 4. The van der Waals surface area contributed by atoms with E-state index in [2.05, 4.69) is 66.7 Å². The Morgan fingerprint density at radius 3 is 1.49 bits per heavy atom. The van der Waals surface area contributed by atoms with Crippen molar-refractivity contribution in [2.24, 2.45) is 0 Å². The summed E-state index contributed by atoms with van der Waals surface area (Å²) in [6.45, 7) is 0. The number of hydrogen-bond acceptors (Lipinski definition) is 7. The highest BCUT2D eigenvalue weighted by Crippen LogP contribution is 2.42. The van der Waals surface area contributed by atoms with Gasteiger partial charge in [0.1, 0.15) is 27.3 Å². The highest BCUT2D eigenvalue weighted by Gasteiger charge is 2.22. The van der Waals surface area contributed by atoms with Gasteiger partial charge < -0.3 is 8.83 Å². The van der Waals surface area contributed by atoms with E-state index in [0.29, 0.717) is 17.5 Å². The summed E-state index contributed by atoms with van der Waals surface area (Å²) < 4.78 is 13.7. The van der Waals surface area contributed by atoms with Crippen LogP contribution < -0.4 is 0 Å². The second kappa shape index (κ2) is 10.9. The molecule has 4 aromatic heterocycles. The molecule has 0 spiro atoms. The third-order valence-electron chi connectivity index (χ3n) is 9.58. The van der Waals surface area contributed by atoms with Gasteiger partial charge in [0.2, 0.25) is 0 Å². The number of benzene rings is 7. The van der Waals surface area contributed by atoms with Gasteiger partial charge in [-0.15, -0.1) is 11.3 Å². The van der Waals surface area contributed by atoms with Crippen molar-refractivity contribution in [3.05, 3.63) is 146 Å². The molecule has 0 saturated carbocycles. The molecule has 0 fully saturated rings. The molecule has 11 aromatic rings. The molecule has 0 N–H and O–H groups in total. The monoisotopic (exact) mass is 672 g/mol. The molecule has 0 radical (unpaired) electrons. The Hall–Kier alpha value is -6.70. The number of nitrogens with zero attached hydrogens (tertiary/aromatic N) is 4. The summed E-state index contributed by atoms with van der Waals surface area (Å²) in [5.41, 5.74) is 7.83. The van der Waals surface area contributed by atoms with E-state index in [1.165, 1.54) is 0 Å². The summed E-state index contributed by atoms with van der Waals surface area (Å²) in [5, 5.41) is 7.09. The van der Waals surface area contributed by atoms with Crippen LogP contribution in [0.5, 0.6) is 0 Å². The van der Waals surface area contributed by atoms with Crippen LogP contribution in [0.3, 0.4) is 0 Å². The van der Waals surface area contributed by atoms with Crippen molar-refractivity contribution in [2.75, 3.05) is 0 Å². The van der Waals surface area contributed by atoms with Crippen molar-refractivity contribution < 1.29 is 8.83 Å². The molecule has 238 valence electrons. The number of thiazole rings is 1. The SMILES string of the molecule is c1ccc(-c2nc3cc(-c4nc(-c5cccc6oc7ccccc7c56)nc(-c5cccc6oc7ccccc7c56)n4)c4ccccc4c3s2)cc1. The third kappa shape index (κ3) is 4.35. The van der Waals surface area contributed by atoms with Gasteiger partial charge in [0.05, 0.1) is 10.2 Å². The number of fused-ring (bicyclic) bond motifs is 9.